The van der Waals surface area contributed by atoms with Crippen molar-refractivity contribution in [3.63, 3.8) is 0 Å². The zero-order chi connectivity index (χ0) is 11.4. The molecule has 0 amide bonds. The van der Waals surface area contributed by atoms with Crippen LogP contribution in [0.1, 0.15) is 6.42 Å². The summed E-state index contributed by atoms with van der Waals surface area (Å²) in [6.07, 6.45) is 5.37. The van der Waals surface area contributed by atoms with Crippen molar-refractivity contribution in [2.45, 2.75) is 6.42 Å². The molecule has 2 aromatic heterocycles. The molecule has 0 unspecified atom stereocenters. The number of rotatable bonds is 4. The van der Waals surface area contributed by atoms with Gasteiger partial charge in [-0.1, -0.05) is 0 Å². The second-order valence-corrected chi connectivity index (χ2v) is 3.42. The van der Waals surface area contributed by atoms with E-state index in [0.29, 0.717) is 13.0 Å². The Labute approximate surface area is 92.2 Å². The maximum atomic E-state index is 13.0. The average Bonchev–Trinajstić information content (AvgIpc) is 2.30. The fourth-order valence-corrected chi connectivity index (χ4v) is 1.48. The molecule has 4 nitrogen and oxygen atoms in total. The van der Waals surface area contributed by atoms with Gasteiger partial charge in [-0.2, -0.15) is 4.39 Å². The van der Waals surface area contributed by atoms with E-state index in [1.807, 2.05) is 0 Å². The molecule has 0 fully saturated rings. The van der Waals surface area contributed by atoms with Crippen molar-refractivity contribution < 1.29 is 9.50 Å². The van der Waals surface area contributed by atoms with Crippen molar-refractivity contribution in [3.8, 4) is 0 Å². The highest BCUT2D eigenvalue weighted by Crippen LogP contribution is 2.21. The van der Waals surface area contributed by atoms with Crippen LogP contribution in [0.4, 0.5) is 10.1 Å². The van der Waals surface area contributed by atoms with Gasteiger partial charge in [0.15, 0.2) is 0 Å². The molecule has 2 N–H and O–H groups in total. The number of aliphatic hydroxyl groups is 1. The highest BCUT2D eigenvalue weighted by molar-refractivity contribution is 5.92. The second kappa shape index (κ2) is 4.85. The van der Waals surface area contributed by atoms with E-state index >= 15 is 0 Å². The Morgan fingerprint density at radius 1 is 1.31 bits per heavy atom. The van der Waals surface area contributed by atoms with E-state index in [-0.39, 0.29) is 6.61 Å². The molecule has 0 radical (unpaired) electrons. The smallest absolute Gasteiger partial charge is 0.213 e. The topological polar surface area (TPSA) is 58.0 Å². The highest BCUT2D eigenvalue weighted by atomic mass is 19.1. The van der Waals surface area contributed by atoms with Crippen LogP contribution in [-0.2, 0) is 0 Å². The number of hydrogen-bond acceptors (Lipinski definition) is 4. The summed E-state index contributed by atoms with van der Waals surface area (Å²) in [6, 6.07) is 1.37. The number of hydrogen-bond donors (Lipinski definition) is 2. The molecule has 0 atom stereocenters. The van der Waals surface area contributed by atoms with Crippen molar-refractivity contribution in [1.29, 1.82) is 0 Å². The fourth-order valence-electron chi connectivity index (χ4n) is 1.48. The van der Waals surface area contributed by atoms with E-state index < -0.39 is 5.95 Å². The molecule has 0 saturated carbocycles. The maximum absolute atomic E-state index is 13.0. The molecule has 0 aliphatic carbocycles. The molecule has 5 heteroatoms. The molecular weight excluding hydrogens is 209 g/mol. The van der Waals surface area contributed by atoms with E-state index in [4.69, 9.17) is 5.11 Å². The zero-order valence-corrected chi connectivity index (χ0v) is 8.65. The molecule has 0 aliphatic heterocycles. The molecule has 2 rings (SSSR count). The monoisotopic (exact) mass is 221 g/mol. The zero-order valence-electron chi connectivity index (χ0n) is 8.65. The highest BCUT2D eigenvalue weighted by Gasteiger charge is 2.03. The SMILES string of the molecule is OCCCNc1cncc2cnc(F)cc12. The summed E-state index contributed by atoms with van der Waals surface area (Å²) < 4.78 is 13.0. The number of fused-ring (bicyclic) bond motifs is 1. The van der Waals surface area contributed by atoms with Gasteiger partial charge in [0.1, 0.15) is 0 Å². The van der Waals surface area contributed by atoms with Crippen LogP contribution in [0.5, 0.6) is 0 Å². The number of halogens is 1. The van der Waals surface area contributed by atoms with Gasteiger partial charge in [0.2, 0.25) is 5.95 Å². The summed E-state index contributed by atoms with van der Waals surface area (Å²) in [5, 5.41) is 13.3. The Morgan fingerprint density at radius 3 is 3.00 bits per heavy atom. The number of anilines is 1. The maximum Gasteiger partial charge on any atom is 0.213 e. The quantitative estimate of drug-likeness (QED) is 0.607. The van der Waals surface area contributed by atoms with E-state index in [9.17, 15) is 4.39 Å². The number of aromatic nitrogens is 2. The van der Waals surface area contributed by atoms with Crippen LogP contribution >= 0.6 is 0 Å². The fraction of sp³-hybridized carbons (Fsp3) is 0.273. The van der Waals surface area contributed by atoms with Gasteiger partial charge in [-0.25, -0.2) is 4.98 Å². The average molecular weight is 221 g/mol. The van der Waals surface area contributed by atoms with Gasteiger partial charge >= 0.3 is 0 Å². The van der Waals surface area contributed by atoms with Crippen molar-refractivity contribution in [2.75, 3.05) is 18.5 Å². The minimum absolute atomic E-state index is 0.126. The first-order valence-corrected chi connectivity index (χ1v) is 5.05. The van der Waals surface area contributed by atoms with Gasteiger partial charge in [0, 0.05) is 42.4 Å². The second-order valence-electron chi connectivity index (χ2n) is 3.42. The summed E-state index contributed by atoms with van der Waals surface area (Å²) in [6.45, 7) is 0.752. The first kappa shape index (κ1) is 10.8. The third-order valence-corrected chi connectivity index (χ3v) is 2.26. The molecule has 0 saturated heterocycles. The van der Waals surface area contributed by atoms with Crippen LogP contribution in [0.3, 0.4) is 0 Å². The lowest BCUT2D eigenvalue weighted by Crippen LogP contribution is -2.04. The normalized spacial score (nSPS) is 10.6. The van der Waals surface area contributed by atoms with E-state index in [0.717, 1.165) is 16.5 Å². The predicted molar refractivity (Wildman–Crippen MR) is 59.7 cm³/mol. The number of aliphatic hydroxyl groups excluding tert-OH is 1. The van der Waals surface area contributed by atoms with Crippen LogP contribution in [0, 0.1) is 5.95 Å². The van der Waals surface area contributed by atoms with Crippen molar-refractivity contribution in [3.05, 3.63) is 30.6 Å². The van der Waals surface area contributed by atoms with Crippen molar-refractivity contribution >= 4 is 16.5 Å². The number of nitrogens with one attached hydrogen (secondary N) is 1. The standard InChI is InChI=1S/C11H12FN3O/c12-11-4-9-8(6-15-11)5-13-7-10(9)14-2-1-3-16/h4-7,14,16H,1-3H2. The first-order chi connectivity index (χ1) is 7.81. The Morgan fingerprint density at radius 2 is 2.19 bits per heavy atom. The molecule has 0 bridgehead atoms. The Kier molecular flexibility index (Phi) is 3.26. The molecule has 16 heavy (non-hydrogen) atoms. The van der Waals surface area contributed by atoms with Gasteiger partial charge in [0.25, 0.3) is 0 Å². The van der Waals surface area contributed by atoms with Gasteiger partial charge < -0.3 is 10.4 Å². The molecule has 2 aromatic rings. The summed E-state index contributed by atoms with van der Waals surface area (Å²) in [5.41, 5.74) is 0.757. The predicted octanol–water partition coefficient (Wildman–Crippen LogP) is 1.56. The molecule has 0 aliphatic rings. The van der Waals surface area contributed by atoms with Crippen LogP contribution in [0.15, 0.2) is 24.7 Å². The number of nitrogens with zero attached hydrogens (tertiary/aromatic N) is 2. The van der Waals surface area contributed by atoms with Crippen molar-refractivity contribution in [1.82, 2.24) is 9.97 Å². The molecular formula is C11H12FN3O. The Hall–Kier alpha value is -1.75. The lowest BCUT2D eigenvalue weighted by molar-refractivity contribution is 0.292. The van der Waals surface area contributed by atoms with Crippen LogP contribution < -0.4 is 5.32 Å². The Balaban J connectivity index is 2.32. The van der Waals surface area contributed by atoms with E-state index in [1.54, 1.807) is 12.4 Å². The minimum atomic E-state index is -0.510. The Bertz CT molecular complexity index is 490. The van der Waals surface area contributed by atoms with Gasteiger partial charge in [-0.3, -0.25) is 4.98 Å². The minimum Gasteiger partial charge on any atom is -0.396 e. The third kappa shape index (κ3) is 2.25. The largest absolute Gasteiger partial charge is 0.396 e. The molecule has 0 spiro atoms. The summed E-state index contributed by atoms with van der Waals surface area (Å²) in [5.74, 6) is -0.510. The van der Waals surface area contributed by atoms with Gasteiger partial charge in [0.05, 0.1) is 11.9 Å². The molecule has 84 valence electrons. The number of pyridine rings is 2. The van der Waals surface area contributed by atoms with Gasteiger partial charge in [-0.05, 0) is 6.42 Å². The van der Waals surface area contributed by atoms with Crippen LogP contribution in [-0.4, -0.2) is 28.2 Å². The summed E-state index contributed by atoms with van der Waals surface area (Å²) in [7, 11) is 0. The lowest BCUT2D eigenvalue weighted by Gasteiger charge is -2.08. The lowest BCUT2D eigenvalue weighted by atomic mass is 10.2. The van der Waals surface area contributed by atoms with Crippen molar-refractivity contribution in [2.24, 2.45) is 0 Å². The molecule has 2 heterocycles. The van der Waals surface area contributed by atoms with E-state index in [1.165, 1.54) is 12.3 Å². The summed E-state index contributed by atoms with van der Waals surface area (Å²) >= 11 is 0. The van der Waals surface area contributed by atoms with Crippen LogP contribution in [0.25, 0.3) is 10.8 Å². The van der Waals surface area contributed by atoms with Crippen LogP contribution in [0.2, 0.25) is 0 Å². The third-order valence-electron chi connectivity index (χ3n) is 2.26. The summed E-state index contributed by atoms with van der Waals surface area (Å²) in [4.78, 5) is 7.60. The molecule has 0 aromatic carbocycles. The van der Waals surface area contributed by atoms with Gasteiger partial charge in [-0.15, -0.1) is 0 Å². The van der Waals surface area contributed by atoms with E-state index in [2.05, 4.69) is 15.3 Å². The first-order valence-electron chi connectivity index (χ1n) is 5.05.